The molecule has 0 unspecified atom stereocenters. The standard InChI is InChI=1S/C13H15F2NO3S/c1-9-3-2-4-16(7-9)20(18,19)12-6-10(8-17)5-11(14)13(12)15/h3,5-6,17H,2,4,7-8H2,1H3. The van der Waals surface area contributed by atoms with Gasteiger partial charge < -0.3 is 5.11 Å². The molecule has 2 rings (SSSR count). The molecule has 7 heteroatoms. The molecule has 0 fully saturated rings. The molecule has 0 saturated carbocycles. The second kappa shape index (κ2) is 5.59. The first-order valence-corrected chi connectivity index (χ1v) is 7.55. The number of aliphatic hydroxyl groups excluding tert-OH is 1. The summed E-state index contributed by atoms with van der Waals surface area (Å²) in [5, 5.41) is 8.99. The Morgan fingerprint density at radius 2 is 2.05 bits per heavy atom. The molecule has 1 aromatic rings. The summed E-state index contributed by atoms with van der Waals surface area (Å²) in [6, 6.07) is 1.76. The third kappa shape index (κ3) is 2.74. The normalized spacial score (nSPS) is 17.1. The topological polar surface area (TPSA) is 57.6 Å². The van der Waals surface area contributed by atoms with Crippen molar-refractivity contribution in [2.24, 2.45) is 0 Å². The smallest absolute Gasteiger partial charge is 0.246 e. The van der Waals surface area contributed by atoms with E-state index in [-0.39, 0.29) is 18.7 Å². The number of hydrogen-bond donors (Lipinski definition) is 1. The fraction of sp³-hybridized carbons (Fsp3) is 0.385. The van der Waals surface area contributed by atoms with Gasteiger partial charge in [0.05, 0.1) is 6.61 Å². The summed E-state index contributed by atoms with van der Waals surface area (Å²) in [5.41, 5.74) is 0.880. The van der Waals surface area contributed by atoms with Crippen molar-refractivity contribution in [3.05, 3.63) is 41.0 Å². The fourth-order valence-corrected chi connectivity index (χ4v) is 3.74. The van der Waals surface area contributed by atoms with E-state index < -0.39 is 33.2 Å². The van der Waals surface area contributed by atoms with Gasteiger partial charge in [-0.05, 0) is 31.0 Å². The zero-order valence-corrected chi connectivity index (χ0v) is 11.8. The summed E-state index contributed by atoms with van der Waals surface area (Å²) in [7, 11) is -4.11. The van der Waals surface area contributed by atoms with Gasteiger partial charge in [-0.25, -0.2) is 17.2 Å². The average molecular weight is 303 g/mol. The van der Waals surface area contributed by atoms with Gasteiger partial charge >= 0.3 is 0 Å². The van der Waals surface area contributed by atoms with Crippen molar-refractivity contribution < 1.29 is 22.3 Å². The van der Waals surface area contributed by atoms with Crippen LogP contribution in [0, 0.1) is 11.6 Å². The molecule has 1 aliphatic heterocycles. The Balaban J connectivity index is 2.49. The Morgan fingerprint density at radius 1 is 1.35 bits per heavy atom. The van der Waals surface area contributed by atoms with Crippen LogP contribution in [0.15, 0.2) is 28.7 Å². The number of hydrogen-bond acceptors (Lipinski definition) is 3. The maximum absolute atomic E-state index is 13.8. The lowest BCUT2D eigenvalue weighted by atomic mass is 10.2. The van der Waals surface area contributed by atoms with Gasteiger partial charge in [-0.2, -0.15) is 4.31 Å². The van der Waals surface area contributed by atoms with Gasteiger partial charge in [-0.15, -0.1) is 0 Å². The molecular weight excluding hydrogens is 288 g/mol. The van der Waals surface area contributed by atoms with Crippen molar-refractivity contribution in [2.75, 3.05) is 13.1 Å². The summed E-state index contributed by atoms with van der Waals surface area (Å²) < 4.78 is 53.1. The summed E-state index contributed by atoms with van der Waals surface area (Å²) in [6.45, 7) is 1.61. The van der Waals surface area contributed by atoms with Crippen LogP contribution in [0.1, 0.15) is 18.9 Å². The van der Waals surface area contributed by atoms with E-state index in [1.165, 1.54) is 0 Å². The molecule has 1 aromatic carbocycles. The third-order valence-electron chi connectivity index (χ3n) is 3.15. The highest BCUT2D eigenvalue weighted by Gasteiger charge is 2.30. The minimum Gasteiger partial charge on any atom is -0.392 e. The fourth-order valence-electron chi connectivity index (χ4n) is 2.12. The number of sulfonamides is 1. The lowest BCUT2D eigenvalue weighted by Crippen LogP contribution is -2.36. The molecule has 0 bridgehead atoms. The molecule has 0 radical (unpaired) electrons. The van der Waals surface area contributed by atoms with Gasteiger partial charge in [-0.3, -0.25) is 0 Å². The number of rotatable bonds is 3. The first-order valence-electron chi connectivity index (χ1n) is 6.11. The molecule has 1 N–H and O–H groups in total. The Bertz CT molecular complexity index is 656. The van der Waals surface area contributed by atoms with Crippen LogP contribution in [0.5, 0.6) is 0 Å². The SMILES string of the molecule is CC1=CCCN(S(=O)(=O)c2cc(CO)cc(F)c2F)C1. The quantitative estimate of drug-likeness (QED) is 0.866. The van der Waals surface area contributed by atoms with E-state index in [0.717, 1.165) is 22.0 Å². The van der Waals surface area contributed by atoms with E-state index in [0.29, 0.717) is 6.42 Å². The Morgan fingerprint density at radius 3 is 2.65 bits per heavy atom. The van der Waals surface area contributed by atoms with E-state index in [1.54, 1.807) is 6.92 Å². The van der Waals surface area contributed by atoms with Crippen LogP contribution < -0.4 is 0 Å². The van der Waals surface area contributed by atoms with Crippen LogP contribution in [0.3, 0.4) is 0 Å². The van der Waals surface area contributed by atoms with E-state index in [4.69, 9.17) is 5.11 Å². The minimum atomic E-state index is -4.11. The zero-order valence-electron chi connectivity index (χ0n) is 10.9. The van der Waals surface area contributed by atoms with Crippen LogP contribution in [-0.2, 0) is 16.6 Å². The predicted octanol–water partition coefficient (Wildman–Crippen LogP) is 1.80. The monoisotopic (exact) mass is 303 g/mol. The number of halogens is 2. The number of aliphatic hydroxyl groups is 1. The van der Waals surface area contributed by atoms with Crippen LogP contribution in [0.4, 0.5) is 8.78 Å². The Labute approximate surface area is 116 Å². The van der Waals surface area contributed by atoms with E-state index >= 15 is 0 Å². The first-order chi connectivity index (χ1) is 9.36. The van der Waals surface area contributed by atoms with Gasteiger partial charge in [0.1, 0.15) is 4.90 Å². The average Bonchev–Trinajstić information content (AvgIpc) is 2.41. The maximum atomic E-state index is 13.8. The minimum absolute atomic E-state index is 0.0201. The second-order valence-electron chi connectivity index (χ2n) is 4.73. The molecule has 0 spiro atoms. The molecule has 20 heavy (non-hydrogen) atoms. The van der Waals surface area contributed by atoms with Crippen molar-refractivity contribution in [1.29, 1.82) is 0 Å². The van der Waals surface area contributed by atoms with Crippen molar-refractivity contribution in [1.82, 2.24) is 4.31 Å². The third-order valence-corrected chi connectivity index (χ3v) is 5.00. The van der Waals surface area contributed by atoms with Crippen LogP contribution in [-0.4, -0.2) is 30.9 Å². The summed E-state index contributed by atoms with van der Waals surface area (Å²) in [6.07, 6.45) is 2.45. The molecule has 0 atom stereocenters. The highest BCUT2D eigenvalue weighted by molar-refractivity contribution is 7.89. The molecule has 0 amide bonds. The summed E-state index contributed by atoms with van der Waals surface area (Å²) >= 11 is 0. The molecule has 1 aliphatic rings. The van der Waals surface area contributed by atoms with E-state index in [2.05, 4.69) is 0 Å². The van der Waals surface area contributed by atoms with Crippen molar-refractivity contribution in [2.45, 2.75) is 24.8 Å². The highest BCUT2D eigenvalue weighted by Crippen LogP contribution is 2.25. The van der Waals surface area contributed by atoms with Gasteiger partial charge in [-0.1, -0.05) is 11.6 Å². The predicted molar refractivity (Wildman–Crippen MR) is 69.4 cm³/mol. The molecule has 1 heterocycles. The van der Waals surface area contributed by atoms with Crippen LogP contribution in [0.2, 0.25) is 0 Å². The molecule has 0 aliphatic carbocycles. The van der Waals surface area contributed by atoms with Gasteiger partial charge in [0.2, 0.25) is 10.0 Å². The summed E-state index contributed by atoms with van der Waals surface area (Å²) in [4.78, 5) is -0.726. The first kappa shape index (κ1) is 15.1. The zero-order chi connectivity index (χ0) is 14.9. The second-order valence-corrected chi connectivity index (χ2v) is 6.63. The molecule has 4 nitrogen and oxygen atoms in total. The molecule has 0 aromatic heterocycles. The van der Waals surface area contributed by atoms with Gasteiger partial charge in [0, 0.05) is 13.1 Å². The van der Waals surface area contributed by atoms with Crippen molar-refractivity contribution in [3.8, 4) is 0 Å². The highest BCUT2D eigenvalue weighted by atomic mass is 32.2. The van der Waals surface area contributed by atoms with Gasteiger partial charge in [0.25, 0.3) is 0 Å². The van der Waals surface area contributed by atoms with Crippen molar-refractivity contribution in [3.63, 3.8) is 0 Å². The van der Waals surface area contributed by atoms with E-state index in [1.807, 2.05) is 6.08 Å². The number of nitrogens with zero attached hydrogens (tertiary/aromatic N) is 1. The Hall–Kier alpha value is -1.31. The largest absolute Gasteiger partial charge is 0.392 e. The van der Waals surface area contributed by atoms with Gasteiger partial charge in [0.15, 0.2) is 11.6 Å². The molecular formula is C13H15F2NO3S. The Kier molecular flexibility index (Phi) is 4.22. The lowest BCUT2D eigenvalue weighted by molar-refractivity contribution is 0.280. The van der Waals surface area contributed by atoms with Crippen LogP contribution in [0.25, 0.3) is 0 Å². The maximum Gasteiger partial charge on any atom is 0.246 e. The number of benzene rings is 1. The lowest BCUT2D eigenvalue weighted by Gasteiger charge is -2.25. The molecule has 0 saturated heterocycles. The summed E-state index contributed by atoms with van der Waals surface area (Å²) in [5.74, 6) is -2.69. The van der Waals surface area contributed by atoms with Crippen molar-refractivity contribution >= 4 is 10.0 Å². The van der Waals surface area contributed by atoms with E-state index in [9.17, 15) is 17.2 Å². The van der Waals surface area contributed by atoms with Crippen LogP contribution >= 0.6 is 0 Å². The molecule has 110 valence electrons.